The summed E-state index contributed by atoms with van der Waals surface area (Å²) < 4.78 is 2.07. The summed E-state index contributed by atoms with van der Waals surface area (Å²) in [5.74, 6) is 2.25. The number of thioether (sulfide) groups is 1. The van der Waals surface area contributed by atoms with Gasteiger partial charge in [0.2, 0.25) is 0 Å². The molecule has 3 heterocycles. The van der Waals surface area contributed by atoms with E-state index < -0.39 is 0 Å². The minimum atomic E-state index is 0.0940. The summed E-state index contributed by atoms with van der Waals surface area (Å²) in [6.07, 6.45) is 7.19. The van der Waals surface area contributed by atoms with Gasteiger partial charge in [0.05, 0.1) is 5.56 Å². The third-order valence-corrected chi connectivity index (χ3v) is 6.10. The summed E-state index contributed by atoms with van der Waals surface area (Å²) in [5, 5.41) is 4.16. The summed E-state index contributed by atoms with van der Waals surface area (Å²) in [6, 6.07) is 4.01. The van der Waals surface area contributed by atoms with Crippen LogP contribution in [0.1, 0.15) is 40.6 Å². The van der Waals surface area contributed by atoms with Crippen LogP contribution in [0.4, 0.5) is 0 Å². The van der Waals surface area contributed by atoms with Gasteiger partial charge in [-0.1, -0.05) is 13.3 Å². The molecule has 112 valence electrons. The molecule has 5 heteroatoms. The molecule has 0 fully saturated rings. The van der Waals surface area contributed by atoms with Crippen LogP contribution in [0.2, 0.25) is 0 Å². The fraction of sp³-hybridized carbons (Fsp3) is 0.438. The Hall–Kier alpha value is -1.20. The van der Waals surface area contributed by atoms with Crippen LogP contribution in [0.15, 0.2) is 24.5 Å². The first-order chi connectivity index (χ1) is 10.3. The van der Waals surface area contributed by atoms with Crippen molar-refractivity contribution in [1.82, 2.24) is 9.88 Å². The number of rotatable bonds is 5. The molecule has 0 unspecified atom stereocenters. The molecule has 0 saturated heterocycles. The van der Waals surface area contributed by atoms with Gasteiger partial charge in [0.25, 0.3) is 5.91 Å². The lowest BCUT2D eigenvalue weighted by molar-refractivity contribution is 0.0952. The average Bonchev–Trinajstić information content (AvgIpc) is 3.14. The maximum Gasteiger partial charge on any atom is 0.254 e. The van der Waals surface area contributed by atoms with E-state index in [0.29, 0.717) is 0 Å². The molecule has 0 spiro atoms. The quantitative estimate of drug-likeness (QED) is 0.849. The predicted octanol–water partition coefficient (Wildman–Crippen LogP) is 3.86. The molecule has 2 aromatic rings. The van der Waals surface area contributed by atoms with Gasteiger partial charge >= 0.3 is 0 Å². The highest BCUT2D eigenvalue weighted by molar-refractivity contribution is 7.98. The van der Waals surface area contributed by atoms with Crippen molar-refractivity contribution in [1.29, 1.82) is 0 Å². The lowest BCUT2D eigenvalue weighted by Crippen LogP contribution is -2.26. The van der Waals surface area contributed by atoms with Gasteiger partial charge in [-0.15, -0.1) is 11.3 Å². The van der Waals surface area contributed by atoms with Crippen molar-refractivity contribution >= 4 is 29.0 Å². The van der Waals surface area contributed by atoms with Crippen LogP contribution in [0.5, 0.6) is 0 Å². The number of unbranched alkanes of at least 4 members (excludes halogenated alkanes) is 1. The van der Waals surface area contributed by atoms with Crippen molar-refractivity contribution < 1.29 is 4.79 Å². The Balaban J connectivity index is 1.96. The lowest BCUT2D eigenvalue weighted by Gasteiger charge is -2.13. The molecule has 1 aliphatic heterocycles. The van der Waals surface area contributed by atoms with Gasteiger partial charge in [-0.2, -0.15) is 11.8 Å². The fourth-order valence-electron chi connectivity index (χ4n) is 2.57. The van der Waals surface area contributed by atoms with Crippen LogP contribution >= 0.6 is 23.1 Å². The Bertz CT molecular complexity index is 617. The maximum atomic E-state index is 12.6. The number of thiophene rings is 1. The van der Waals surface area contributed by atoms with Crippen molar-refractivity contribution in [3.8, 4) is 5.00 Å². The van der Waals surface area contributed by atoms with E-state index in [1.165, 1.54) is 10.4 Å². The van der Waals surface area contributed by atoms with Crippen LogP contribution in [0, 0.1) is 0 Å². The largest absolute Gasteiger partial charge is 0.352 e. The zero-order valence-corrected chi connectivity index (χ0v) is 13.9. The van der Waals surface area contributed by atoms with Gasteiger partial charge in [0, 0.05) is 29.6 Å². The first-order valence-corrected chi connectivity index (χ1v) is 9.42. The van der Waals surface area contributed by atoms with Gasteiger partial charge in [0.1, 0.15) is 5.00 Å². The van der Waals surface area contributed by atoms with E-state index in [0.717, 1.165) is 47.9 Å². The molecule has 1 amide bonds. The number of hydrogen-bond acceptors (Lipinski definition) is 3. The van der Waals surface area contributed by atoms with Crippen molar-refractivity contribution in [3.63, 3.8) is 0 Å². The van der Waals surface area contributed by atoms with Gasteiger partial charge in [-0.25, -0.2) is 0 Å². The van der Waals surface area contributed by atoms with E-state index in [4.69, 9.17) is 0 Å². The number of nitrogens with zero attached hydrogens (tertiary/aromatic N) is 1. The lowest BCUT2D eigenvalue weighted by atomic mass is 10.1. The van der Waals surface area contributed by atoms with E-state index in [1.807, 2.05) is 36.3 Å². The summed E-state index contributed by atoms with van der Waals surface area (Å²) >= 11 is 3.73. The maximum absolute atomic E-state index is 12.6. The second-order valence-electron chi connectivity index (χ2n) is 5.19. The van der Waals surface area contributed by atoms with Gasteiger partial charge in [-0.3, -0.25) is 4.79 Å². The summed E-state index contributed by atoms with van der Waals surface area (Å²) in [4.78, 5) is 14.0. The molecule has 0 aliphatic carbocycles. The van der Waals surface area contributed by atoms with Crippen LogP contribution < -0.4 is 5.32 Å². The van der Waals surface area contributed by atoms with E-state index in [-0.39, 0.29) is 5.91 Å². The van der Waals surface area contributed by atoms with Crippen molar-refractivity contribution in [2.24, 2.45) is 0 Å². The van der Waals surface area contributed by atoms with E-state index in [2.05, 4.69) is 16.8 Å². The molecule has 0 bridgehead atoms. The molecule has 1 N–H and O–H groups in total. The van der Waals surface area contributed by atoms with E-state index in [1.54, 1.807) is 11.3 Å². The molecule has 21 heavy (non-hydrogen) atoms. The predicted molar refractivity (Wildman–Crippen MR) is 90.8 cm³/mol. The van der Waals surface area contributed by atoms with Gasteiger partial charge in [-0.05, 0) is 36.3 Å². The standard InChI is InChI=1S/C16H20N2OS2/c1-2-3-7-17-15(19)14-12-6-10-20-11-13(12)21-16(14)18-8-4-5-9-18/h4-5,8-9H,2-3,6-7,10-11H2,1H3,(H,17,19). The van der Waals surface area contributed by atoms with Gasteiger partial charge in [0.15, 0.2) is 0 Å². The highest BCUT2D eigenvalue weighted by Crippen LogP contribution is 2.38. The minimum Gasteiger partial charge on any atom is -0.352 e. The second-order valence-corrected chi connectivity index (χ2v) is 7.38. The highest BCUT2D eigenvalue weighted by Gasteiger charge is 2.25. The van der Waals surface area contributed by atoms with Crippen molar-refractivity contribution in [2.75, 3.05) is 12.3 Å². The molecule has 3 rings (SSSR count). The molecular weight excluding hydrogens is 300 g/mol. The topological polar surface area (TPSA) is 34.0 Å². The zero-order valence-electron chi connectivity index (χ0n) is 12.2. The number of fused-ring (bicyclic) bond motifs is 1. The molecule has 2 aromatic heterocycles. The summed E-state index contributed by atoms with van der Waals surface area (Å²) in [6.45, 7) is 2.90. The number of carbonyl (C=O) groups is 1. The fourth-order valence-corrected chi connectivity index (χ4v) is 5.01. The Morgan fingerprint density at radius 1 is 1.38 bits per heavy atom. The Morgan fingerprint density at radius 3 is 2.95 bits per heavy atom. The molecule has 3 nitrogen and oxygen atoms in total. The average molecular weight is 320 g/mol. The highest BCUT2D eigenvalue weighted by atomic mass is 32.2. The first-order valence-electron chi connectivity index (χ1n) is 7.45. The van der Waals surface area contributed by atoms with Crippen molar-refractivity contribution in [3.05, 3.63) is 40.5 Å². The molecule has 0 saturated carbocycles. The Labute approximate surface area is 133 Å². The minimum absolute atomic E-state index is 0.0940. The number of amides is 1. The first kappa shape index (κ1) is 14.7. The number of carbonyl (C=O) groups excluding carboxylic acids is 1. The number of aromatic nitrogens is 1. The van der Waals surface area contributed by atoms with Crippen LogP contribution in [-0.2, 0) is 12.2 Å². The molecule has 0 radical (unpaired) electrons. The number of nitrogens with one attached hydrogen (secondary N) is 1. The third kappa shape index (κ3) is 3.04. The second kappa shape index (κ2) is 6.71. The normalized spacial score (nSPS) is 14.0. The monoisotopic (exact) mass is 320 g/mol. The van der Waals surface area contributed by atoms with Gasteiger partial charge < -0.3 is 9.88 Å². The molecule has 0 atom stereocenters. The zero-order chi connectivity index (χ0) is 14.7. The van der Waals surface area contributed by atoms with E-state index >= 15 is 0 Å². The van der Waals surface area contributed by atoms with Crippen LogP contribution in [0.3, 0.4) is 0 Å². The smallest absolute Gasteiger partial charge is 0.254 e. The Kier molecular flexibility index (Phi) is 4.70. The summed E-state index contributed by atoms with van der Waals surface area (Å²) in [5.41, 5.74) is 2.18. The van der Waals surface area contributed by atoms with Crippen molar-refractivity contribution in [2.45, 2.75) is 31.9 Å². The molecule has 1 aliphatic rings. The summed E-state index contributed by atoms with van der Waals surface area (Å²) in [7, 11) is 0. The number of hydrogen-bond donors (Lipinski definition) is 1. The SMILES string of the molecule is CCCCNC(=O)c1c(-n2cccc2)sc2c1CCSC2. The molecular formula is C16H20N2OS2. The van der Waals surface area contributed by atoms with Crippen LogP contribution in [0.25, 0.3) is 5.00 Å². The van der Waals surface area contributed by atoms with E-state index in [9.17, 15) is 4.79 Å². The van der Waals surface area contributed by atoms with Crippen LogP contribution in [-0.4, -0.2) is 22.8 Å². The Morgan fingerprint density at radius 2 is 2.19 bits per heavy atom. The third-order valence-electron chi connectivity index (χ3n) is 3.68. The molecule has 0 aromatic carbocycles.